The monoisotopic (exact) mass is 954 g/mol. The molecule has 0 aromatic rings. The fraction of sp³-hybridized carbons (Fsp3) is 0.839. The molecular weight excluding hydrogens is 839 g/mol. The van der Waals surface area contributed by atoms with Gasteiger partial charge in [0.05, 0.1) is 25.4 Å². The normalized spacial score (nSPS) is 12.9. The number of hydrogen-bond donors (Lipinski definition) is 3. The Morgan fingerprint density at radius 3 is 1.18 bits per heavy atom. The number of aliphatic hydroxyl groups is 2. The van der Waals surface area contributed by atoms with Crippen molar-refractivity contribution in [2.45, 2.75) is 321 Å². The molecule has 68 heavy (non-hydrogen) atoms. The first-order valence-corrected chi connectivity index (χ1v) is 29.9. The van der Waals surface area contributed by atoms with Gasteiger partial charge in [-0.15, -0.1) is 0 Å². The number of unbranched alkanes of at least 4 members (excludes halogenated alkanes) is 38. The van der Waals surface area contributed by atoms with Gasteiger partial charge in [-0.05, 0) is 70.6 Å². The van der Waals surface area contributed by atoms with Crippen molar-refractivity contribution in [3.05, 3.63) is 48.6 Å². The number of allylic oxidation sites excluding steroid dienone is 6. The van der Waals surface area contributed by atoms with Crippen molar-refractivity contribution in [1.29, 1.82) is 0 Å². The average molecular weight is 955 g/mol. The number of carbonyl (C=O) groups is 2. The maximum atomic E-state index is 12.5. The molecule has 0 aliphatic heterocycles. The number of aliphatic hydroxyl groups excluding tert-OH is 2. The lowest BCUT2D eigenvalue weighted by molar-refractivity contribution is -0.143. The van der Waals surface area contributed by atoms with Crippen LogP contribution in [-0.4, -0.2) is 47.4 Å². The Labute approximate surface area is 423 Å². The third-order valence-electron chi connectivity index (χ3n) is 13.6. The van der Waals surface area contributed by atoms with E-state index in [1.807, 2.05) is 6.08 Å². The van der Waals surface area contributed by atoms with Crippen LogP contribution < -0.4 is 5.32 Å². The van der Waals surface area contributed by atoms with Gasteiger partial charge in [-0.2, -0.15) is 0 Å². The molecule has 0 saturated heterocycles. The van der Waals surface area contributed by atoms with E-state index in [1.165, 1.54) is 231 Å². The fourth-order valence-corrected chi connectivity index (χ4v) is 8.98. The van der Waals surface area contributed by atoms with Gasteiger partial charge in [0, 0.05) is 12.8 Å². The van der Waals surface area contributed by atoms with Crippen molar-refractivity contribution in [2.24, 2.45) is 0 Å². The Morgan fingerprint density at radius 1 is 0.412 bits per heavy atom. The molecule has 6 nitrogen and oxygen atoms in total. The highest BCUT2D eigenvalue weighted by atomic mass is 16.5. The van der Waals surface area contributed by atoms with Gasteiger partial charge in [0.1, 0.15) is 0 Å². The van der Waals surface area contributed by atoms with Crippen LogP contribution in [0.2, 0.25) is 0 Å². The van der Waals surface area contributed by atoms with E-state index >= 15 is 0 Å². The highest BCUT2D eigenvalue weighted by Gasteiger charge is 2.18. The molecule has 2 atom stereocenters. The van der Waals surface area contributed by atoms with Gasteiger partial charge in [0.25, 0.3) is 0 Å². The largest absolute Gasteiger partial charge is 0.465 e. The van der Waals surface area contributed by atoms with Gasteiger partial charge in [0.15, 0.2) is 0 Å². The van der Waals surface area contributed by atoms with Crippen molar-refractivity contribution in [1.82, 2.24) is 5.32 Å². The lowest BCUT2D eigenvalue weighted by Crippen LogP contribution is -2.45. The molecule has 0 aromatic heterocycles. The molecule has 0 fully saturated rings. The minimum atomic E-state index is -0.849. The van der Waals surface area contributed by atoms with E-state index in [4.69, 9.17) is 4.74 Å². The van der Waals surface area contributed by atoms with Crippen LogP contribution in [0.3, 0.4) is 0 Å². The van der Waals surface area contributed by atoms with Crippen molar-refractivity contribution >= 4 is 11.9 Å². The summed E-state index contributed by atoms with van der Waals surface area (Å²) >= 11 is 0. The quantitative estimate of drug-likeness (QED) is 0.0321. The van der Waals surface area contributed by atoms with E-state index in [-0.39, 0.29) is 18.5 Å². The van der Waals surface area contributed by atoms with E-state index in [2.05, 4.69) is 55.6 Å². The summed E-state index contributed by atoms with van der Waals surface area (Å²) in [6, 6.07) is -0.633. The fourth-order valence-electron chi connectivity index (χ4n) is 8.98. The molecule has 0 aromatic carbocycles. The molecule has 0 heterocycles. The summed E-state index contributed by atoms with van der Waals surface area (Å²) in [5, 5.41) is 23.2. The maximum absolute atomic E-state index is 12.5. The number of ether oxygens (including phenoxy) is 1. The minimum Gasteiger partial charge on any atom is -0.465 e. The number of nitrogens with one attached hydrogen (secondary N) is 1. The summed E-state index contributed by atoms with van der Waals surface area (Å²) in [5.41, 5.74) is 0. The van der Waals surface area contributed by atoms with Crippen LogP contribution in [0.15, 0.2) is 48.6 Å². The first kappa shape index (κ1) is 65.8. The number of esters is 1. The zero-order valence-electron chi connectivity index (χ0n) is 45.3. The number of amides is 1. The summed E-state index contributed by atoms with van der Waals surface area (Å²) in [4.78, 5) is 24.4. The van der Waals surface area contributed by atoms with Crippen LogP contribution in [0, 0.1) is 0 Å². The Kier molecular flexibility index (Phi) is 55.6. The lowest BCUT2D eigenvalue weighted by atomic mass is 10.0. The van der Waals surface area contributed by atoms with E-state index in [0.717, 1.165) is 51.4 Å². The lowest BCUT2D eigenvalue weighted by Gasteiger charge is -2.20. The Bertz CT molecular complexity index is 1150. The second kappa shape index (κ2) is 57.4. The zero-order valence-corrected chi connectivity index (χ0v) is 45.3. The number of hydrogen-bond acceptors (Lipinski definition) is 5. The number of rotatable bonds is 55. The molecule has 2 unspecified atom stereocenters. The van der Waals surface area contributed by atoms with Gasteiger partial charge in [-0.1, -0.05) is 274 Å². The summed E-state index contributed by atoms with van der Waals surface area (Å²) in [6.45, 7) is 4.76. The van der Waals surface area contributed by atoms with Gasteiger partial charge < -0.3 is 20.3 Å². The minimum absolute atomic E-state index is 0.0473. The van der Waals surface area contributed by atoms with Crippen molar-refractivity contribution in [3.8, 4) is 0 Å². The standard InChI is InChI=1S/C62H115NO5/c1-3-5-7-9-11-13-15-16-17-18-22-25-28-31-35-38-42-46-50-54-60(65)59(58-64)63-61(66)55-51-47-43-39-36-32-29-26-23-20-19-21-24-27-30-33-37-41-45-49-53-57-68-62(67)56-52-48-44-40-34-14-12-10-8-6-4-2/h10,12,33,37,45,49-50,54,59-60,64-65H,3-9,11,13-32,34-36,38-44,46-48,51-53,55-58H2,1-2H3,(H,63,66)/b12-10-,37-33-,49-45-,54-50+. The third-order valence-corrected chi connectivity index (χ3v) is 13.6. The van der Waals surface area contributed by atoms with Gasteiger partial charge in [-0.3, -0.25) is 9.59 Å². The smallest absolute Gasteiger partial charge is 0.305 e. The van der Waals surface area contributed by atoms with Crippen LogP contribution in [0.25, 0.3) is 0 Å². The Balaban J connectivity index is 3.50. The molecule has 1 amide bonds. The first-order valence-electron chi connectivity index (χ1n) is 29.9. The first-order chi connectivity index (χ1) is 33.5. The van der Waals surface area contributed by atoms with Crippen LogP contribution in [-0.2, 0) is 14.3 Å². The summed E-state index contributed by atoms with van der Waals surface area (Å²) < 4.78 is 5.39. The zero-order chi connectivity index (χ0) is 49.3. The molecule has 0 bridgehead atoms. The summed E-state index contributed by atoms with van der Waals surface area (Å²) in [5.74, 6) is -0.119. The molecule has 3 N–H and O–H groups in total. The molecule has 6 heteroatoms. The molecule has 398 valence electrons. The molecule has 0 aliphatic carbocycles. The molecule has 0 saturated carbocycles. The summed E-state index contributed by atoms with van der Waals surface area (Å²) in [6.07, 6.45) is 73.0. The van der Waals surface area contributed by atoms with E-state index < -0.39 is 12.1 Å². The van der Waals surface area contributed by atoms with Gasteiger partial charge >= 0.3 is 5.97 Å². The van der Waals surface area contributed by atoms with Crippen LogP contribution >= 0.6 is 0 Å². The van der Waals surface area contributed by atoms with E-state index in [0.29, 0.717) is 19.4 Å². The van der Waals surface area contributed by atoms with Crippen LogP contribution in [0.5, 0.6) is 0 Å². The van der Waals surface area contributed by atoms with E-state index in [9.17, 15) is 19.8 Å². The molecule has 0 aliphatic rings. The highest BCUT2D eigenvalue weighted by Crippen LogP contribution is 2.17. The molecule has 0 rings (SSSR count). The number of carbonyl (C=O) groups excluding carboxylic acids is 2. The highest BCUT2D eigenvalue weighted by molar-refractivity contribution is 5.76. The molecular formula is C62H115NO5. The Hall–Kier alpha value is -2.18. The summed E-state index contributed by atoms with van der Waals surface area (Å²) in [7, 11) is 0. The second-order valence-electron chi connectivity index (χ2n) is 20.3. The predicted octanol–water partition coefficient (Wildman–Crippen LogP) is 18.6. The molecule has 0 spiro atoms. The second-order valence-corrected chi connectivity index (χ2v) is 20.3. The van der Waals surface area contributed by atoms with Crippen molar-refractivity contribution in [2.75, 3.05) is 13.2 Å². The topological polar surface area (TPSA) is 95.9 Å². The maximum Gasteiger partial charge on any atom is 0.305 e. The Morgan fingerprint density at radius 2 is 0.750 bits per heavy atom. The van der Waals surface area contributed by atoms with Crippen molar-refractivity contribution in [3.63, 3.8) is 0 Å². The van der Waals surface area contributed by atoms with Crippen LogP contribution in [0.4, 0.5) is 0 Å². The average Bonchev–Trinajstić information content (AvgIpc) is 3.34. The van der Waals surface area contributed by atoms with Crippen molar-refractivity contribution < 1.29 is 24.5 Å². The van der Waals surface area contributed by atoms with E-state index in [1.54, 1.807) is 6.08 Å². The van der Waals surface area contributed by atoms with Gasteiger partial charge in [-0.25, -0.2) is 0 Å². The SMILES string of the molecule is CCCC/C=C\CCCCCCCC(=O)OCC/C=C\C/C=C\CCCCCCCCCCCCCCCCC(=O)NC(CO)C(O)/C=C/CCCCCCCCCCCCCCCCCCC. The molecule has 0 radical (unpaired) electrons. The predicted molar refractivity (Wildman–Crippen MR) is 296 cm³/mol. The third kappa shape index (κ3) is 53.2. The van der Waals surface area contributed by atoms with Gasteiger partial charge in [0.2, 0.25) is 5.91 Å². The van der Waals surface area contributed by atoms with Crippen LogP contribution in [0.1, 0.15) is 309 Å².